The molecule has 4 atom stereocenters. The molecule has 0 radical (unpaired) electrons. The number of nitrogens with one attached hydrogen (secondary N) is 3. The van der Waals surface area contributed by atoms with Gasteiger partial charge in [0.2, 0.25) is 17.7 Å². The lowest BCUT2D eigenvalue weighted by Crippen LogP contribution is -2.59. The first-order valence-electron chi connectivity index (χ1n) is 9.86. The van der Waals surface area contributed by atoms with Crippen LogP contribution in [0.3, 0.4) is 0 Å². The molecule has 0 aliphatic carbocycles. The van der Waals surface area contributed by atoms with Gasteiger partial charge in [0, 0.05) is 6.42 Å². The molecule has 1 aromatic rings. The molecule has 0 saturated heterocycles. The molecular formula is C20H30N4O7S. The number of amides is 3. The molecule has 0 spiro atoms. The number of aliphatic hydroxyl groups is 1. The van der Waals surface area contributed by atoms with E-state index in [-0.39, 0.29) is 25.1 Å². The molecule has 0 aromatic heterocycles. The van der Waals surface area contributed by atoms with Crippen LogP contribution in [0, 0.1) is 0 Å². The molecule has 0 fully saturated rings. The number of rotatable bonds is 13. The van der Waals surface area contributed by atoms with E-state index >= 15 is 0 Å². The minimum atomic E-state index is -1.45. The number of hydrogen-bond donors (Lipinski definition) is 7. The number of aliphatic carboxylic acids is 1. The molecule has 1 rings (SSSR count). The number of thioether (sulfide) groups is 1. The van der Waals surface area contributed by atoms with Gasteiger partial charge in [-0.05, 0) is 43.0 Å². The summed E-state index contributed by atoms with van der Waals surface area (Å²) < 4.78 is 0. The maximum atomic E-state index is 12.9. The van der Waals surface area contributed by atoms with E-state index in [4.69, 9.17) is 5.73 Å². The summed E-state index contributed by atoms with van der Waals surface area (Å²) in [6, 6.07) is 2.20. The minimum Gasteiger partial charge on any atom is -0.508 e. The molecular weight excluding hydrogens is 440 g/mol. The quantitative estimate of drug-likeness (QED) is 0.181. The smallest absolute Gasteiger partial charge is 0.326 e. The molecule has 0 saturated carbocycles. The van der Waals surface area contributed by atoms with Gasteiger partial charge in [-0.15, -0.1) is 0 Å². The summed E-state index contributed by atoms with van der Waals surface area (Å²) in [5.41, 5.74) is 5.93. The van der Waals surface area contributed by atoms with Crippen molar-refractivity contribution in [3.8, 4) is 5.75 Å². The van der Waals surface area contributed by atoms with Crippen LogP contribution in [-0.4, -0.2) is 81.8 Å². The SMILES string of the molecule is CSCCC(NC(=O)C(NC(=O)C(Cc1ccc(O)cc1)NC(=O)CN)C(C)O)C(=O)O. The van der Waals surface area contributed by atoms with Gasteiger partial charge >= 0.3 is 5.97 Å². The predicted octanol–water partition coefficient (Wildman–Crippen LogP) is -1.43. The van der Waals surface area contributed by atoms with Gasteiger partial charge in [-0.3, -0.25) is 14.4 Å². The van der Waals surface area contributed by atoms with Crippen molar-refractivity contribution in [1.82, 2.24) is 16.0 Å². The Hall–Kier alpha value is -2.83. The highest BCUT2D eigenvalue weighted by molar-refractivity contribution is 7.98. The largest absolute Gasteiger partial charge is 0.508 e. The highest BCUT2D eigenvalue weighted by Gasteiger charge is 2.32. The number of hydrogen-bond acceptors (Lipinski definition) is 8. The van der Waals surface area contributed by atoms with Crippen LogP contribution in [0.5, 0.6) is 5.75 Å². The summed E-state index contributed by atoms with van der Waals surface area (Å²) in [4.78, 5) is 48.6. The van der Waals surface area contributed by atoms with Crippen molar-refractivity contribution in [2.45, 2.75) is 44.0 Å². The van der Waals surface area contributed by atoms with E-state index in [2.05, 4.69) is 16.0 Å². The van der Waals surface area contributed by atoms with Gasteiger partial charge < -0.3 is 37.0 Å². The molecule has 4 unspecified atom stereocenters. The Morgan fingerprint density at radius 1 is 1.03 bits per heavy atom. The zero-order valence-corrected chi connectivity index (χ0v) is 18.7. The van der Waals surface area contributed by atoms with E-state index in [1.165, 1.54) is 30.8 Å². The fourth-order valence-corrected chi connectivity index (χ4v) is 3.22. The third-order valence-corrected chi connectivity index (χ3v) is 5.15. The van der Waals surface area contributed by atoms with E-state index < -0.39 is 47.9 Å². The Labute approximate surface area is 190 Å². The standard InChI is InChI=1S/C20H30N4O7S/c1-11(25)17(19(29)23-14(20(30)31)7-8-32-2)24-18(28)15(22-16(27)10-21)9-12-3-5-13(26)6-4-12/h3-6,11,14-15,17,25-26H,7-10,21H2,1-2H3,(H,22,27)(H,23,29)(H,24,28)(H,30,31). The second kappa shape index (κ2) is 13.6. The van der Waals surface area contributed by atoms with Crippen LogP contribution in [0.25, 0.3) is 0 Å². The van der Waals surface area contributed by atoms with Crippen molar-refractivity contribution >= 4 is 35.5 Å². The maximum absolute atomic E-state index is 12.9. The number of carbonyl (C=O) groups is 4. The fraction of sp³-hybridized carbons (Fsp3) is 0.500. The Balaban J connectivity index is 2.97. The monoisotopic (exact) mass is 470 g/mol. The predicted molar refractivity (Wildman–Crippen MR) is 119 cm³/mol. The average molecular weight is 471 g/mol. The molecule has 12 heteroatoms. The van der Waals surface area contributed by atoms with Gasteiger partial charge in [0.25, 0.3) is 0 Å². The minimum absolute atomic E-state index is 0.0253. The van der Waals surface area contributed by atoms with E-state index in [1.807, 2.05) is 0 Å². The van der Waals surface area contributed by atoms with E-state index in [9.17, 15) is 34.5 Å². The number of phenols is 1. The maximum Gasteiger partial charge on any atom is 0.326 e. The van der Waals surface area contributed by atoms with Crippen molar-refractivity contribution < 1.29 is 34.5 Å². The van der Waals surface area contributed by atoms with Crippen molar-refractivity contribution in [3.05, 3.63) is 29.8 Å². The normalized spacial score (nSPS) is 14.5. The second-order valence-corrected chi connectivity index (χ2v) is 8.09. The molecule has 1 aromatic carbocycles. The second-order valence-electron chi connectivity index (χ2n) is 7.10. The van der Waals surface area contributed by atoms with Gasteiger partial charge in [0.05, 0.1) is 12.6 Å². The van der Waals surface area contributed by atoms with Crippen molar-refractivity contribution in [2.24, 2.45) is 5.73 Å². The van der Waals surface area contributed by atoms with Crippen LogP contribution in [-0.2, 0) is 25.6 Å². The highest BCUT2D eigenvalue weighted by Crippen LogP contribution is 2.12. The molecule has 0 heterocycles. The van der Waals surface area contributed by atoms with Crippen molar-refractivity contribution in [2.75, 3.05) is 18.6 Å². The number of phenolic OH excluding ortho intramolecular Hbond substituents is 1. The van der Waals surface area contributed by atoms with Crippen molar-refractivity contribution in [1.29, 1.82) is 0 Å². The molecule has 8 N–H and O–H groups in total. The number of carbonyl (C=O) groups excluding carboxylic acids is 3. The number of aromatic hydroxyl groups is 1. The first-order chi connectivity index (χ1) is 15.1. The third kappa shape index (κ3) is 9.12. The van der Waals surface area contributed by atoms with Gasteiger partial charge in [-0.25, -0.2) is 4.79 Å². The van der Waals surface area contributed by atoms with Crippen LogP contribution >= 0.6 is 11.8 Å². The average Bonchev–Trinajstić information content (AvgIpc) is 2.74. The number of aliphatic hydroxyl groups excluding tert-OH is 1. The summed E-state index contributed by atoms with van der Waals surface area (Å²) in [6.45, 7) is 0.908. The molecule has 3 amide bonds. The number of benzene rings is 1. The number of carboxylic acid groups (broad SMARTS) is 1. The van der Waals surface area contributed by atoms with E-state index in [0.717, 1.165) is 0 Å². The van der Waals surface area contributed by atoms with Gasteiger partial charge in [-0.1, -0.05) is 12.1 Å². The summed E-state index contributed by atoms with van der Waals surface area (Å²) in [6.07, 6.45) is 0.646. The van der Waals surface area contributed by atoms with Gasteiger partial charge in [-0.2, -0.15) is 11.8 Å². The molecule has 0 aliphatic rings. The summed E-state index contributed by atoms with van der Waals surface area (Å²) in [7, 11) is 0. The Kier molecular flexibility index (Phi) is 11.5. The summed E-state index contributed by atoms with van der Waals surface area (Å²) in [5, 5.41) is 35.9. The molecule has 0 aliphatic heterocycles. The number of carboxylic acids is 1. The van der Waals surface area contributed by atoms with Crippen LogP contribution in [0.15, 0.2) is 24.3 Å². The van der Waals surface area contributed by atoms with E-state index in [1.54, 1.807) is 18.4 Å². The van der Waals surface area contributed by atoms with Crippen LogP contribution in [0.4, 0.5) is 0 Å². The Bertz CT molecular complexity index is 789. The van der Waals surface area contributed by atoms with Gasteiger partial charge in [0.1, 0.15) is 23.9 Å². The van der Waals surface area contributed by atoms with Crippen molar-refractivity contribution in [3.63, 3.8) is 0 Å². The molecule has 0 bridgehead atoms. The van der Waals surface area contributed by atoms with Crippen LogP contribution < -0.4 is 21.7 Å². The van der Waals surface area contributed by atoms with E-state index in [0.29, 0.717) is 11.3 Å². The highest BCUT2D eigenvalue weighted by atomic mass is 32.2. The lowest BCUT2D eigenvalue weighted by Gasteiger charge is -2.26. The molecule has 11 nitrogen and oxygen atoms in total. The van der Waals surface area contributed by atoms with Crippen LogP contribution in [0.2, 0.25) is 0 Å². The van der Waals surface area contributed by atoms with Gasteiger partial charge in [0.15, 0.2) is 0 Å². The topological polar surface area (TPSA) is 191 Å². The first-order valence-corrected chi connectivity index (χ1v) is 11.3. The lowest BCUT2D eigenvalue weighted by molar-refractivity contribution is -0.143. The molecule has 32 heavy (non-hydrogen) atoms. The Morgan fingerprint density at radius 2 is 1.66 bits per heavy atom. The molecule has 178 valence electrons. The fourth-order valence-electron chi connectivity index (χ4n) is 2.74. The third-order valence-electron chi connectivity index (χ3n) is 4.50. The summed E-state index contributed by atoms with van der Waals surface area (Å²) in [5.74, 6) is -2.95. The first kappa shape index (κ1) is 27.2. The summed E-state index contributed by atoms with van der Waals surface area (Å²) >= 11 is 1.41. The zero-order valence-electron chi connectivity index (χ0n) is 17.9. The van der Waals surface area contributed by atoms with Crippen LogP contribution in [0.1, 0.15) is 18.9 Å². The Morgan fingerprint density at radius 3 is 2.16 bits per heavy atom. The zero-order chi connectivity index (χ0) is 24.3. The number of nitrogens with two attached hydrogens (primary N) is 1. The lowest BCUT2D eigenvalue weighted by atomic mass is 10.0.